The highest BCUT2D eigenvalue weighted by molar-refractivity contribution is 5.96. The normalized spacial score (nSPS) is 10.2. The van der Waals surface area contributed by atoms with E-state index in [1.54, 1.807) is 37.3 Å². The second kappa shape index (κ2) is 5.52. The van der Waals surface area contributed by atoms with Crippen LogP contribution in [0.25, 0.3) is 11.1 Å². The van der Waals surface area contributed by atoms with E-state index in [-0.39, 0.29) is 5.82 Å². The van der Waals surface area contributed by atoms with Crippen LogP contribution >= 0.6 is 0 Å². The van der Waals surface area contributed by atoms with Crippen LogP contribution < -0.4 is 5.73 Å². The Labute approximate surface area is 110 Å². The van der Waals surface area contributed by atoms with Crippen LogP contribution in [0, 0.1) is 5.82 Å². The Bertz CT molecular complexity index is 594. The second-order valence-electron chi connectivity index (χ2n) is 4.03. The lowest BCUT2D eigenvalue weighted by Gasteiger charge is -2.08. The van der Waals surface area contributed by atoms with Crippen LogP contribution in [0.1, 0.15) is 17.3 Å². The molecule has 0 aliphatic carbocycles. The lowest BCUT2D eigenvalue weighted by Crippen LogP contribution is -2.08. The molecule has 0 spiro atoms. The predicted molar refractivity (Wildman–Crippen MR) is 72.2 cm³/mol. The molecule has 0 saturated heterocycles. The first-order valence-corrected chi connectivity index (χ1v) is 5.94. The molecule has 0 aliphatic rings. The van der Waals surface area contributed by atoms with Crippen molar-refractivity contribution in [3.63, 3.8) is 0 Å². The van der Waals surface area contributed by atoms with Crippen LogP contribution in [0.2, 0.25) is 0 Å². The molecule has 0 radical (unpaired) electrons. The van der Waals surface area contributed by atoms with Gasteiger partial charge in [-0.3, -0.25) is 0 Å². The Morgan fingerprint density at radius 2 is 1.79 bits per heavy atom. The van der Waals surface area contributed by atoms with Crippen molar-refractivity contribution >= 4 is 11.7 Å². The minimum Gasteiger partial charge on any atom is -0.462 e. The van der Waals surface area contributed by atoms with Crippen molar-refractivity contribution in [1.82, 2.24) is 0 Å². The standard InChI is InChI=1S/C15H14FNO2/c1-2-19-15(18)13-9-11(5-8-14(13)17)10-3-6-12(16)7-4-10/h3-9H,2,17H2,1H3. The Hall–Kier alpha value is -2.36. The van der Waals surface area contributed by atoms with E-state index in [2.05, 4.69) is 0 Å². The number of halogens is 1. The molecule has 0 atom stereocenters. The molecule has 2 N–H and O–H groups in total. The van der Waals surface area contributed by atoms with Crippen LogP contribution in [0.3, 0.4) is 0 Å². The smallest absolute Gasteiger partial charge is 0.340 e. The summed E-state index contributed by atoms with van der Waals surface area (Å²) in [5.41, 5.74) is 8.05. The van der Waals surface area contributed by atoms with E-state index in [1.165, 1.54) is 12.1 Å². The van der Waals surface area contributed by atoms with Gasteiger partial charge < -0.3 is 10.5 Å². The molecule has 0 bridgehead atoms. The summed E-state index contributed by atoms with van der Waals surface area (Å²) in [5.74, 6) is -0.756. The van der Waals surface area contributed by atoms with Gasteiger partial charge in [0.15, 0.2) is 0 Å². The molecule has 0 aliphatic heterocycles. The summed E-state index contributed by atoms with van der Waals surface area (Å²) in [4.78, 5) is 11.7. The molecular weight excluding hydrogens is 245 g/mol. The molecule has 19 heavy (non-hydrogen) atoms. The molecule has 0 fully saturated rings. The van der Waals surface area contributed by atoms with Gasteiger partial charge >= 0.3 is 5.97 Å². The number of carbonyl (C=O) groups is 1. The summed E-state index contributed by atoms with van der Waals surface area (Å²) in [5, 5.41) is 0. The number of nitrogen functional groups attached to an aromatic ring is 1. The Kier molecular flexibility index (Phi) is 3.80. The molecule has 0 heterocycles. The quantitative estimate of drug-likeness (QED) is 0.680. The lowest BCUT2D eigenvalue weighted by atomic mass is 10.0. The minimum absolute atomic E-state index is 0.291. The fraction of sp³-hybridized carbons (Fsp3) is 0.133. The van der Waals surface area contributed by atoms with Gasteiger partial charge in [0.25, 0.3) is 0 Å². The van der Waals surface area contributed by atoms with Gasteiger partial charge in [0.05, 0.1) is 12.2 Å². The van der Waals surface area contributed by atoms with Crippen molar-refractivity contribution in [3.05, 3.63) is 53.8 Å². The summed E-state index contributed by atoms with van der Waals surface area (Å²) < 4.78 is 17.8. The third kappa shape index (κ3) is 2.91. The van der Waals surface area contributed by atoms with Gasteiger partial charge in [0.1, 0.15) is 5.82 Å². The maximum atomic E-state index is 12.9. The SMILES string of the molecule is CCOC(=O)c1cc(-c2ccc(F)cc2)ccc1N. The number of ether oxygens (including phenoxy) is 1. The van der Waals surface area contributed by atoms with Crippen molar-refractivity contribution in [1.29, 1.82) is 0 Å². The summed E-state index contributed by atoms with van der Waals surface area (Å²) in [6, 6.07) is 11.1. The van der Waals surface area contributed by atoms with Crippen LogP contribution in [-0.2, 0) is 4.74 Å². The van der Waals surface area contributed by atoms with Crippen molar-refractivity contribution in [2.45, 2.75) is 6.92 Å². The molecular formula is C15H14FNO2. The highest BCUT2D eigenvalue weighted by atomic mass is 19.1. The topological polar surface area (TPSA) is 52.3 Å². The van der Waals surface area contributed by atoms with Crippen molar-refractivity contribution in [3.8, 4) is 11.1 Å². The van der Waals surface area contributed by atoms with E-state index in [0.29, 0.717) is 17.9 Å². The molecule has 4 heteroatoms. The summed E-state index contributed by atoms with van der Waals surface area (Å²) in [6.45, 7) is 2.02. The van der Waals surface area contributed by atoms with Gasteiger partial charge in [-0.1, -0.05) is 18.2 Å². The third-order valence-electron chi connectivity index (χ3n) is 2.73. The molecule has 2 aromatic rings. The van der Waals surface area contributed by atoms with E-state index in [0.717, 1.165) is 11.1 Å². The predicted octanol–water partition coefficient (Wildman–Crippen LogP) is 3.25. The van der Waals surface area contributed by atoms with Gasteiger partial charge in [0, 0.05) is 5.69 Å². The zero-order valence-corrected chi connectivity index (χ0v) is 10.5. The van der Waals surface area contributed by atoms with Gasteiger partial charge in [-0.2, -0.15) is 0 Å². The summed E-state index contributed by atoms with van der Waals surface area (Å²) in [6.07, 6.45) is 0. The van der Waals surface area contributed by atoms with Gasteiger partial charge in [0.2, 0.25) is 0 Å². The van der Waals surface area contributed by atoms with Crippen molar-refractivity contribution in [2.75, 3.05) is 12.3 Å². The minimum atomic E-state index is -0.455. The zero-order valence-electron chi connectivity index (χ0n) is 10.5. The first-order valence-electron chi connectivity index (χ1n) is 5.94. The molecule has 2 aromatic carbocycles. The fourth-order valence-corrected chi connectivity index (χ4v) is 1.76. The number of hydrogen-bond donors (Lipinski definition) is 1. The number of esters is 1. The maximum absolute atomic E-state index is 12.9. The molecule has 2 rings (SSSR count). The first-order chi connectivity index (χ1) is 9.11. The number of benzene rings is 2. The number of anilines is 1. The third-order valence-corrected chi connectivity index (χ3v) is 2.73. The highest BCUT2D eigenvalue weighted by Gasteiger charge is 2.12. The lowest BCUT2D eigenvalue weighted by molar-refractivity contribution is 0.0527. The van der Waals surface area contributed by atoms with E-state index < -0.39 is 5.97 Å². The van der Waals surface area contributed by atoms with E-state index >= 15 is 0 Å². The number of hydrogen-bond acceptors (Lipinski definition) is 3. The van der Waals surface area contributed by atoms with Crippen LogP contribution in [0.15, 0.2) is 42.5 Å². The molecule has 3 nitrogen and oxygen atoms in total. The molecule has 0 aromatic heterocycles. The number of nitrogens with two attached hydrogens (primary N) is 1. The Morgan fingerprint density at radius 1 is 1.16 bits per heavy atom. The molecule has 0 amide bonds. The highest BCUT2D eigenvalue weighted by Crippen LogP contribution is 2.24. The summed E-state index contributed by atoms with van der Waals surface area (Å²) >= 11 is 0. The van der Waals surface area contributed by atoms with E-state index in [1.807, 2.05) is 0 Å². The fourth-order valence-electron chi connectivity index (χ4n) is 1.76. The van der Waals surface area contributed by atoms with Crippen molar-refractivity contribution in [2.24, 2.45) is 0 Å². The van der Waals surface area contributed by atoms with Gasteiger partial charge in [-0.05, 0) is 42.3 Å². The average Bonchev–Trinajstić information content (AvgIpc) is 2.40. The van der Waals surface area contributed by atoms with E-state index in [9.17, 15) is 9.18 Å². The van der Waals surface area contributed by atoms with Crippen LogP contribution in [-0.4, -0.2) is 12.6 Å². The Balaban J connectivity index is 2.40. The Morgan fingerprint density at radius 3 is 2.42 bits per heavy atom. The van der Waals surface area contributed by atoms with Gasteiger partial charge in [-0.25, -0.2) is 9.18 Å². The largest absolute Gasteiger partial charge is 0.462 e. The zero-order chi connectivity index (χ0) is 13.8. The van der Waals surface area contributed by atoms with Crippen molar-refractivity contribution < 1.29 is 13.9 Å². The molecule has 0 saturated carbocycles. The van der Waals surface area contributed by atoms with Gasteiger partial charge in [-0.15, -0.1) is 0 Å². The van der Waals surface area contributed by atoms with E-state index in [4.69, 9.17) is 10.5 Å². The monoisotopic (exact) mass is 259 g/mol. The molecule has 98 valence electrons. The van der Waals surface area contributed by atoms with Crippen LogP contribution in [0.4, 0.5) is 10.1 Å². The second-order valence-corrected chi connectivity index (χ2v) is 4.03. The molecule has 0 unspecified atom stereocenters. The number of rotatable bonds is 3. The average molecular weight is 259 g/mol. The first kappa shape index (κ1) is 13.1. The summed E-state index contributed by atoms with van der Waals surface area (Å²) in [7, 11) is 0. The maximum Gasteiger partial charge on any atom is 0.340 e. The number of carbonyl (C=O) groups excluding carboxylic acids is 1. The van der Waals surface area contributed by atoms with Crippen LogP contribution in [0.5, 0.6) is 0 Å².